The highest BCUT2D eigenvalue weighted by Crippen LogP contribution is 2.28. The lowest BCUT2D eigenvalue weighted by atomic mass is 10.1. The first-order valence-electron chi connectivity index (χ1n) is 6.14. The molecule has 0 radical (unpaired) electrons. The van der Waals surface area contributed by atoms with Crippen LogP contribution in [0.1, 0.15) is 19.3 Å². The molecule has 2 rings (SSSR count). The van der Waals surface area contributed by atoms with Crippen LogP contribution in [-0.4, -0.2) is 37.0 Å². The Bertz CT molecular complexity index is 562. The Morgan fingerprint density at radius 2 is 2.16 bits per heavy atom. The topological polar surface area (TPSA) is 83.6 Å². The maximum absolute atomic E-state index is 12.5. The molecule has 1 aliphatic heterocycles. The van der Waals surface area contributed by atoms with Gasteiger partial charge >= 0.3 is 0 Å². The molecular formula is C12H17ClN2O3S. The molecular weight excluding hydrogens is 288 g/mol. The fourth-order valence-corrected chi connectivity index (χ4v) is 4.13. The van der Waals surface area contributed by atoms with Crippen molar-refractivity contribution in [3.05, 3.63) is 23.2 Å². The second-order valence-electron chi connectivity index (χ2n) is 4.63. The van der Waals surface area contributed by atoms with E-state index in [0.29, 0.717) is 18.0 Å². The first-order valence-corrected chi connectivity index (χ1v) is 7.96. The first-order chi connectivity index (χ1) is 8.96. The monoisotopic (exact) mass is 304 g/mol. The van der Waals surface area contributed by atoms with Crippen molar-refractivity contribution in [1.29, 1.82) is 0 Å². The minimum atomic E-state index is -3.63. The Balaban J connectivity index is 2.37. The van der Waals surface area contributed by atoms with E-state index in [1.165, 1.54) is 22.5 Å². The lowest BCUT2D eigenvalue weighted by molar-refractivity contribution is 0.155. The van der Waals surface area contributed by atoms with Crippen LogP contribution in [0.2, 0.25) is 5.02 Å². The number of nitrogen functional groups attached to an aromatic ring is 1. The number of rotatable bonds is 3. The average Bonchev–Trinajstić information content (AvgIpc) is 2.41. The number of hydrogen-bond acceptors (Lipinski definition) is 4. The molecule has 0 bridgehead atoms. The Labute approximate surface area is 118 Å². The lowest BCUT2D eigenvalue weighted by Gasteiger charge is -2.33. The van der Waals surface area contributed by atoms with Crippen LogP contribution in [0.15, 0.2) is 23.1 Å². The number of benzene rings is 1. The molecule has 1 saturated heterocycles. The van der Waals surface area contributed by atoms with Crippen LogP contribution >= 0.6 is 11.6 Å². The molecule has 106 valence electrons. The summed E-state index contributed by atoms with van der Waals surface area (Å²) < 4.78 is 26.4. The summed E-state index contributed by atoms with van der Waals surface area (Å²) in [6, 6.07) is 3.93. The zero-order chi connectivity index (χ0) is 14.0. The van der Waals surface area contributed by atoms with Crippen molar-refractivity contribution in [3.8, 4) is 0 Å². The smallest absolute Gasteiger partial charge is 0.243 e. The maximum atomic E-state index is 12.5. The number of aliphatic hydroxyl groups excluding tert-OH is 1. The van der Waals surface area contributed by atoms with Gasteiger partial charge in [-0.2, -0.15) is 4.31 Å². The molecule has 5 nitrogen and oxygen atoms in total. The van der Waals surface area contributed by atoms with E-state index < -0.39 is 10.0 Å². The van der Waals surface area contributed by atoms with Gasteiger partial charge in [0.25, 0.3) is 0 Å². The molecule has 1 aromatic carbocycles. The van der Waals surface area contributed by atoms with E-state index in [1.807, 2.05) is 0 Å². The molecule has 1 aromatic rings. The minimum absolute atomic E-state index is 0.120. The highest BCUT2D eigenvalue weighted by molar-refractivity contribution is 7.89. The van der Waals surface area contributed by atoms with Crippen molar-refractivity contribution < 1.29 is 13.5 Å². The zero-order valence-electron chi connectivity index (χ0n) is 10.4. The molecule has 0 saturated carbocycles. The summed E-state index contributed by atoms with van der Waals surface area (Å²) in [7, 11) is -3.63. The predicted octanol–water partition coefficient (Wildman–Crippen LogP) is 1.46. The number of hydrogen-bond donors (Lipinski definition) is 2. The lowest BCUT2D eigenvalue weighted by Crippen LogP contribution is -2.45. The highest BCUT2D eigenvalue weighted by Gasteiger charge is 2.33. The summed E-state index contributed by atoms with van der Waals surface area (Å²) in [5.74, 6) is 0. The van der Waals surface area contributed by atoms with Crippen LogP contribution in [0.25, 0.3) is 0 Å². The molecule has 1 heterocycles. The Morgan fingerprint density at radius 3 is 2.79 bits per heavy atom. The van der Waals surface area contributed by atoms with E-state index in [2.05, 4.69) is 0 Å². The van der Waals surface area contributed by atoms with E-state index in [1.54, 1.807) is 0 Å². The molecule has 0 aliphatic carbocycles. The number of nitrogens with two attached hydrogens (primary N) is 1. The zero-order valence-corrected chi connectivity index (χ0v) is 12.0. The minimum Gasteiger partial charge on any atom is -0.397 e. The van der Waals surface area contributed by atoms with Gasteiger partial charge in [-0.25, -0.2) is 8.42 Å². The summed E-state index contributed by atoms with van der Waals surface area (Å²) in [6.07, 6.45) is 2.41. The third-order valence-electron chi connectivity index (χ3n) is 3.36. The fourth-order valence-electron chi connectivity index (χ4n) is 2.29. The molecule has 3 N–H and O–H groups in total. The summed E-state index contributed by atoms with van der Waals surface area (Å²) in [6.45, 7) is 0.262. The van der Waals surface area contributed by atoms with Crippen LogP contribution in [0.4, 0.5) is 5.69 Å². The normalized spacial score (nSPS) is 21.5. The highest BCUT2D eigenvalue weighted by atomic mass is 35.5. The van der Waals surface area contributed by atoms with Crippen molar-refractivity contribution in [3.63, 3.8) is 0 Å². The molecule has 0 aromatic heterocycles. The van der Waals surface area contributed by atoms with E-state index in [0.717, 1.165) is 12.8 Å². The van der Waals surface area contributed by atoms with Gasteiger partial charge in [-0.15, -0.1) is 0 Å². The van der Waals surface area contributed by atoms with E-state index in [4.69, 9.17) is 17.3 Å². The van der Waals surface area contributed by atoms with Gasteiger partial charge in [0, 0.05) is 12.6 Å². The van der Waals surface area contributed by atoms with Crippen LogP contribution in [0.3, 0.4) is 0 Å². The maximum Gasteiger partial charge on any atom is 0.243 e. The summed E-state index contributed by atoms with van der Waals surface area (Å²) in [5, 5.41) is 9.65. The van der Waals surface area contributed by atoms with Crippen molar-refractivity contribution in [2.24, 2.45) is 0 Å². The van der Waals surface area contributed by atoms with E-state index >= 15 is 0 Å². The number of aliphatic hydroxyl groups is 1. The molecule has 0 amide bonds. The second kappa shape index (κ2) is 5.66. The number of piperidine rings is 1. The van der Waals surface area contributed by atoms with Crippen molar-refractivity contribution in [2.45, 2.75) is 30.2 Å². The van der Waals surface area contributed by atoms with Gasteiger partial charge in [-0.3, -0.25) is 0 Å². The quantitative estimate of drug-likeness (QED) is 0.828. The number of halogens is 1. The second-order valence-corrected chi connectivity index (χ2v) is 6.93. The van der Waals surface area contributed by atoms with Gasteiger partial charge in [0.1, 0.15) is 0 Å². The van der Waals surface area contributed by atoms with E-state index in [-0.39, 0.29) is 23.2 Å². The summed E-state index contributed by atoms with van der Waals surface area (Å²) in [5.41, 5.74) is 5.89. The largest absolute Gasteiger partial charge is 0.397 e. The Morgan fingerprint density at radius 1 is 1.42 bits per heavy atom. The Hall–Kier alpha value is -0.820. The first kappa shape index (κ1) is 14.6. The summed E-state index contributed by atoms with van der Waals surface area (Å²) >= 11 is 5.80. The van der Waals surface area contributed by atoms with Crippen molar-refractivity contribution in [2.75, 3.05) is 18.9 Å². The molecule has 1 aliphatic rings. The number of anilines is 1. The van der Waals surface area contributed by atoms with Crippen LogP contribution in [-0.2, 0) is 10.0 Å². The third-order valence-corrected chi connectivity index (χ3v) is 5.65. The van der Waals surface area contributed by atoms with Gasteiger partial charge in [0.2, 0.25) is 10.0 Å². The molecule has 19 heavy (non-hydrogen) atoms. The van der Waals surface area contributed by atoms with Crippen LogP contribution in [0.5, 0.6) is 0 Å². The SMILES string of the molecule is Nc1cc(S(=O)(=O)N2CCCCC2CO)ccc1Cl. The number of sulfonamides is 1. The van der Waals surface area contributed by atoms with E-state index in [9.17, 15) is 13.5 Å². The van der Waals surface area contributed by atoms with Gasteiger partial charge < -0.3 is 10.8 Å². The van der Waals surface area contributed by atoms with Crippen molar-refractivity contribution >= 4 is 27.3 Å². The Kier molecular flexibility index (Phi) is 4.35. The van der Waals surface area contributed by atoms with Gasteiger partial charge in [0.05, 0.1) is 22.2 Å². The summed E-state index contributed by atoms with van der Waals surface area (Å²) in [4.78, 5) is 0.120. The average molecular weight is 305 g/mol. The standard InChI is InChI=1S/C12H17ClN2O3S/c13-11-5-4-10(7-12(11)14)19(17,18)15-6-2-1-3-9(15)8-16/h4-5,7,9,16H,1-3,6,8,14H2. The fraction of sp³-hybridized carbons (Fsp3) is 0.500. The van der Waals surface area contributed by atoms with Crippen LogP contribution < -0.4 is 5.73 Å². The molecule has 0 spiro atoms. The molecule has 1 unspecified atom stereocenters. The molecule has 1 atom stereocenters. The third kappa shape index (κ3) is 2.86. The van der Waals surface area contributed by atoms with Gasteiger partial charge in [-0.1, -0.05) is 18.0 Å². The molecule has 1 fully saturated rings. The molecule has 7 heteroatoms. The number of nitrogens with zero attached hydrogens (tertiary/aromatic N) is 1. The van der Waals surface area contributed by atoms with Gasteiger partial charge in [0.15, 0.2) is 0 Å². The van der Waals surface area contributed by atoms with Crippen molar-refractivity contribution in [1.82, 2.24) is 4.31 Å². The predicted molar refractivity (Wildman–Crippen MR) is 74.5 cm³/mol. The van der Waals surface area contributed by atoms with Crippen LogP contribution in [0, 0.1) is 0 Å². The van der Waals surface area contributed by atoms with Gasteiger partial charge in [-0.05, 0) is 31.0 Å².